The fourth-order valence-electron chi connectivity index (χ4n) is 2.69. The molecule has 0 aromatic rings. The van der Waals surface area contributed by atoms with Crippen molar-refractivity contribution in [3.63, 3.8) is 0 Å². The number of nitrogens with zero attached hydrogens (tertiary/aromatic N) is 1. The van der Waals surface area contributed by atoms with Gasteiger partial charge in [0, 0.05) is 25.7 Å². The van der Waals surface area contributed by atoms with Crippen LogP contribution in [0.15, 0.2) is 0 Å². The van der Waals surface area contributed by atoms with Crippen LogP contribution in [0.3, 0.4) is 0 Å². The van der Waals surface area contributed by atoms with E-state index in [1.807, 2.05) is 6.92 Å². The molecule has 1 aliphatic heterocycles. The van der Waals surface area contributed by atoms with Gasteiger partial charge in [0.05, 0.1) is 5.60 Å². The fraction of sp³-hybridized carbons (Fsp3) is 0.933. The van der Waals surface area contributed by atoms with Crippen molar-refractivity contribution in [3.8, 4) is 0 Å². The number of likely N-dealkylation sites (N-methyl/N-ethyl adjacent to an activating group) is 1. The second kappa shape index (κ2) is 7.96. The lowest BCUT2D eigenvalue weighted by Crippen LogP contribution is -2.59. The summed E-state index contributed by atoms with van der Waals surface area (Å²) in [5, 5.41) is 6.17. The molecule has 5 heteroatoms. The largest absolute Gasteiger partial charge is 0.363 e. The average molecular weight is 285 g/mol. The number of nitrogens with one attached hydrogen (secondary N) is 2. The number of hydrogen-bond acceptors (Lipinski definition) is 4. The van der Waals surface area contributed by atoms with Gasteiger partial charge in [-0.1, -0.05) is 26.7 Å². The summed E-state index contributed by atoms with van der Waals surface area (Å²) >= 11 is 0. The zero-order valence-corrected chi connectivity index (χ0v) is 13.7. The van der Waals surface area contributed by atoms with Crippen LogP contribution in [0.4, 0.5) is 0 Å². The molecule has 1 amide bonds. The van der Waals surface area contributed by atoms with E-state index in [-0.39, 0.29) is 18.1 Å². The quantitative estimate of drug-likeness (QED) is 0.659. The highest BCUT2D eigenvalue weighted by Crippen LogP contribution is 2.17. The zero-order chi connectivity index (χ0) is 15.2. The zero-order valence-electron chi connectivity index (χ0n) is 13.7. The van der Waals surface area contributed by atoms with Crippen molar-refractivity contribution in [3.05, 3.63) is 0 Å². The monoisotopic (exact) mass is 285 g/mol. The molecule has 1 rings (SSSR count). The maximum absolute atomic E-state index is 11.9. The van der Waals surface area contributed by atoms with Crippen LogP contribution in [0, 0.1) is 5.92 Å². The van der Waals surface area contributed by atoms with Gasteiger partial charge in [-0.15, -0.1) is 0 Å². The summed E-state index contributed by atoms with van der Waals surface area (Å²) in [7, 11) is 4.15. The van der Waals surface area contributed by atoms with E-state index in [4.69, 9.17) is 4.74 Å². The standard InChI is InChI=1S/C15H31N3O2/c1-6-12(7-2)13(18(4)5)8-17-14(19)9-20-15(3)10-16-11-15/h12-13,16H,6-11H2,1-5H3,(H,17,19). The van der Waals surface area contributed by atoms with Crippen molar-refractivity contribution in [2.45, 2.75) is 45.3 Å². The van der Waals surface area contributed by atoms with Crippen LogP contribution in [-0.2, 0) is 9.53 Å². The second-order valence-electron chi connectivity index (χ2n) is 6.25. The Morgan fingerprint density at radius 1 is 1.35 bits per heavy atom. The highest BCUT2D eigenvalue weighted by molar-refractivity contribution is 5.77. The number of amides is 1. The molecule has 0 bridgehead atoms. The van der Waals surface area contributed by atoms with E-state index < -0.39 is 0 Å². The third kappa shape index (κ3) is 5.04. The van der Waals surface area contributed by atoms with E-state index in [9.17, 15) is 4.79 Å². The highest BCUT2D eigenvalue weighted by atomic mass is 16.5. The van der Waals surface area contributed by atoms with Crippen LogP contribution in [0.2, 0.25) is 0 Å². The first kappa shape index (κ1) is 17.4. The third-order valence-corrected chi connectivity index (χ3v) is 4.31. The molecule has 0 spiro atoms. The summed E-state index contributed by atoms with van der Waals surface area (Å²) in [4.78, 5) is 14.1. The SMILES string of the molecule is CCC(CC)C(CNC(=O)COC1(C)CNC1)N(C)C. The number of carbonyl (C=O) groups is 1. The Kier molecular flexibility index (Phi) is 6.92. The summed E-state index contributed by atoms with van der Waals surface area (Å²) in [5.74, 6) is 0.593. The Morgan fingerprint density at radius 2 is 1.95 bits per heavy atom. The second-order valence-corrected chi connectivity index (χ2v) is 6.25. The van der Waals surface area contributed by atoms with E-state index in [1.165, 1.54) is 0 Å². The lowest BCUT2D eigenvalue weighted by molar-refractivity contribution is -0.136. The summed E-state index contributed by atoms with van der Waals surface area (Å²) in [6.45, 7) is 8.95. The molecular formula is C15H31N3O2. The van der Waals surface area contributed by atoms with Gasteiger partial charge in [0.25, 0.3) is 0 Å². The molecule has 0 aliphatic carbocycles. The molecular weight excluding hydrogens is 254 g/mol. The number of carbonyl (C=O) groups excluding carboxylic acids is 1. The molecule has 0 saturated carbocycles. The van der Waals surface area contributed by atoms with Crippen LogP contribution < -0.4 is 10.6 Å². The molecule has 0 aromatic heterocycles. The molecule has 0 radical (unpaired) electrons. The molecule has 2 N–H and O–H groups in total. The maximum atomic E-state index is 11.9. The Labute approximate surface area is 123 Å². The third-order valence-electron chi connectivity index (χ3n) is 4.31. The van der Waals surface area contributed by atoms with Crippen molar-refractivity contribution >= 4 is 5.91 Å². The Morgan fingerprint density at radius 3 is 2.35 bits per heavy atom. The molecule has 1 fully saturated rings. The molecule has 5 nitrogen and oxygen atoms in total. The van der Waals surface area contributed by atoms with Gasteiger partial charge in [-0.05, 0) is 26.9 Å². The van der Waals surface area contributed by atoms with Crippen LogP contribution in [0.25, 0.3) is 0 Å². The first-order valence-corrected chi connectivity index (χ1v) is 7.69. The minimum absolute atomic E-state index is 0.0177. The Bertz CT molecular complexity index is 299. The minimum Gasteiger partial charge on any atom is -0.363 e. The molecule has 1 saturated heterocycles. The van der Waals surface area contributed by atoms with E-state index in [1.54, 1.807) is 0 Å². The van der Waals surface area contributed by atoms with Gasteiger partial charge < -0.3 is 20.3 Å². The topological polar surface area (TPSA) is 53.6 Å². The predicted octanol–water partition coefficient (Wildman–Crippen LogP) is 0.848. The number of rotatable bonds is 9. The van der Waals surface area contributed by atoms with Gasteiger partial charge in [0.2, 0.25) is 5.91 Å². The average Bonchev–Trinajstić information content (AvgIpc) is 2.38. The summed E-state index contributed by atoms with van der Waals surface area (Å²) in [6, 6.07) is 0.384. The van der Waals surface area contributed by atoms with Crippen molar-refractivity contribution in [1.82, 2.24) is 15.5 Å². The molecule has 118 valence electrons. The maximum Gasteiger partial charge on any atom is 0.246 e. The smallest absolute Gasteiger partial charge is 0.246 e. The summed E-state index contributed by atoms with van der Waals surface area (Å²) < 4.78 is 5.64. The van der Waals surface area contributed by atoms with Crippen LogP contribution in [0.1, 0.15) is 33.6 Å². The Balaban J connectivity index is 2.32. The van der Waals surface area contributed by atoms with Gasteiger partial charge >= 0.3 is 0 Å². The van der Waals surface area contributed by atoms with Gasteiger partial charge in [-0.25, -0.2) is 0 Å². The normalized spacial score (nSPS) is 18.9. The number of hydrogen-bond donors (Lipinski definition) is 2. The summed E-state index contributed by atoms with van der Waals surface area (Å²) in [6.07, 6.45) is 2.27. The van der Waals surface area contributed by atoms with Crippen molar-refractivity contribution in [2.24, 2.45) is 5.92 Å². The van der Waals surface area contributed by atoms with Crippen molar-refractivity contribution in [1.29, 1.82) is 0 Å². The molecule has 1 heterocycles. The fourth-order valence-corrected chi connectivity index (χ4v) is 2.69. The van der Waals surface area contributed by atoms with Crippen LogP contribution >= 0.6 is 0 Å². The predicted molar refractivity (Wildman–Crippen MR) is 81.8 cm³/mol. The minimum atomic E-state index is -0.159. The van der Waals surface area contributed by atoms with Gasteiger partial charge in [0.15, 0.2) is 0 Å². The molecule has 1 unspecified atom stereocenters. The molecule has 1 aliphatic rings. The van der Waals surface area contributed by atoms with Crippen LogP contribution in [-0.4, -0.2) is 62.8 Å². The van der Waals surface area contributed by atoms with Gasteiger partial charge in [-0.3, -0.25) is 4.79 Å². The van der Waals surface area contributed by atoms with E-state index in [0.29, 0.717) is 18.5 Å². The molecule has 0 aromatic carbocycles. The highest BCUT2D eigenvalue weighted by Gasteiger charge is 2.33. The summed E-state index contributed by atoms with van der Waals surface area (Å²) in [5.41, 5.74) is -0.159. The lowest BCUT2D eigenvalue weighted by Gasteiger charge is -2.38. The van der Waals surface area contributed by atoms with Crippen molar-refractivity contribution in [2.75, 3.05) is 40.3 Å². The van der Waals surface area contributed by atoms with Crippen molar-refractivity contribution < 1.29 is 9.53 Å². The van der Waals surface area contributed by atoms with Gasteiger partial charge in [-0.2, -0.15) is 0 Å². The van der Waals surface area contributed by atoms with E-state index >= 15 is 0 Å². The molecule has 20 heavy (non-hydrogen) atoms. The lowest BCUT2D eigenvalue weighted by atomic mass is 9.93. The van der Waals surface area contributed by atoms with E-state index in [0.717, 1.165) is 25.9 Å². The Hall–Kier alpha value is -0.650. The van der Waals surface area contributed by atoms with Crippen LogP contribution in [0.5, 0.6) is 0 Å². The first-order valence-electron chi connectivity index (χ1n) is 7.69. The van der Waals surface area contributed by atoms with E-state index in [2.05, 4.69) is 43.5 Å². The number of ether oxygens (including phenoxy) is 1. The molecule has 1 atom stereocenters. The first-order chi connectivity index (χ1) is 9.41. The van der Waals surface area contributed by atoms with Gasteiger partial charge in [0.1, 0.15) is 6.61 Å².